The smallest absolute Gasteiger partial charge is 0.165 e. The van der Waals surface area contributed by atoms with Crippen LogP contribution < -0.4 is 18.9 Å². The predicted molar refractivity (Wildman–Crippen MR) is 112 cm³/mol. The number of fused-ring (bicyclic) bond motifs is 2. The van der Waals surface area contributed by atoms with Crippen LogP contribution in [0.1, 0.15) is 52.7 Å². The van der Waals surface area contributed by atoms with Crippen LogP contribution >= 0.6 is 0 Å². The highest BCUT2D eigenvalue weighted by Crippen LogP contribution is 2.41. The number of rotatable bonds is 0. The first-order chi connectivity index (χ1) is 13.6. The van der Waals surface area contributed by atoms with Crippen LogP contribution in [0.15, 0.2) is 30.3 Å². The Kier molecular flexibility index (Phi) is 5.97. The Hall–Kier alpha value is -2.43. The first kappa shape index (κ1) is 21.3. The van der Waals surface area contributed by atoms with Gasteiger partial charge in [-0.2, -0.15) is 0 Å². The topological polar surface area (TPSA) is 36.9 Å². The summed E-state index contributed by atoms with van der Waals surface area (Å²) in [6, 6.07) is 8.99. The summed E-state index contributed by atoms with van der Waals surface area (Å²) in [5, 5.41) is 0. The van der Waals surface area contributed by atoms with E-state index in [1.807, 2.05) is 32.9 Å². The molecule has 0 saturated heterocycles. The maximum absolute atomic E-state index is 13.3. The Labute approximate surface area is 172 Å². The lowest BCUT2D eigenvalue weighted by molar-refractivity contribution is 0.167. The normalized spacial score (nSPS) is 15.3. The molecule has 2 aliphatic rings. The molecule has 0 aliphatic carbocycles. The fourth-order valence-corrected chi connectivity index (χ4v) is 3.34. The molecule has 0 unspecified atom stereocenters. The minimum Gasteiger partial charge on any atom is -0.486 e. The Morgan fingerprint density at radius 3 is 1.76 bits per heavy atom. The molecule has 0 fully saturated rings. The van der Waals surface area contributed by atoms with Gasteiger partial charge in [-0.25, -0.2) is 4.39 Å². The lowest BCUT2D eigenvalue weighted by atomic mass is 9.86. The molecule has 29 heavy (non-hydrogen) atoms. The number of hydrogen-bond acceptors (Lipinski definition) is 4. The zero-order valence-electron chi connectivity index (χ0n) is 18.2. The number of hydrogen-bond donors (Lipinski definition) is 0. The molecular weight excluding hydrogens is 371 g/mol. The number of ether oxygens (including phenoxy) is 4. The van der Waals surface area contributed by atoms with Gasteiger partial charge in [0.25, 0.3) is 0 Å². The molecule has 0 radical (unpaired) electrons. The van der Waals surface area contributed by atoms with E-state index in [4.69, 9.17) is 18.9 Å². The largest absolute Gasteiger partial charge is 0.486 e. The minimum atomic E-state index is -0.274. The Morgan fingerprint density at radius 1 is 0.655 bits per heavy atom. The van der Waals surface area contributed by atoms with Crippen LogP contribution in [0, 0.1) is 5.82 Å². The molecule has 0 spiro atoms. The fraction of sp³-hybridized carbons (Fsp3) is 0.500. The lowest BCUT2D eigenvalue weighted by Crippen LogP contribution is -2.21. The molecule has 0 amide bonds. The molecule has 0 aromatic heterocycles. The van der Waals surface area contributed by atoms with Gasteiger partial charge in [0.1, 0.15) is 32.2 Å². The van der Waals surface area contributed by atoms with Crippen LogP contribution in [0.3, 0.4) is 0 Å². The van der Waals surface area contributed by atoms with E-state index in [2.05, 4.69) is 26.8 Å². The van der Waals surface area contributed by atoms with Crippen molar-refractivity contribution < 1.29 is 23.3 Å². The van der Waals surface area contributed by atoms with Crippen molar-refractivity contribution in [3.63, 3.8) is 0 Å². The highest BCUT2D eigenvalue weighted by molar-refractivity contribution is 5.51. The second-order valence-electron chi connectivity index (χ2n) is 9.31. The molecule has 158 valence electrons. The second kappa shape index (κ2) is 8.13. The molecule has 2 aromatic carbocycles. The fourth-order valence-electron chi connectivity index (χ4n) is 3.34. The van der Waals surface area contributed by atoms with Gasteiger partial charge in [0.05, 0.1) is 0 Å². The van der Waals surface area contributed by atoms with Crippen LogP contribution in [-0.4, -0.2) is 26.4 Å². The first-order valence-corrected chi connectivity index (χ1v) is 10.1. The number of benzene rings is 2. The molecule has 2 heterocycles. The molecule has 5 heteroatoms. The highest BCUT2D eigenvalue weighted by Gasteiger charge is 2.26. The van der Waals surface area contributed by atoms with E-state index in [1.165, 1.54) is 17.7 Å². The molecule has 2 aliphatic heterocycles. The van der Waals surface area contributed by atoms with Crippen molar-refractivity contribution in [3.05, 3.63) is 47.3 Å². The summed E-state index contributed by atoms with van der Waals surface area (Å²) in [6.45, 7) is 14.9. The van der Waals surface area contributed by atoms with E-state index in [0.717, 1.165) is 17.1 Å². The van der Waals surface area contributed by atoms with E-state index < -0.39 is 0 Å². The van der Waals surface area contributed by atoms with Crippen molar-refractivity contribution in [2.75, 3.05) is 26.4 Å². The average Bonchev–Trinajstić information content (AvgIpc) is 2.66. The number of halogens is 1. The lowest BCUT2D eigenvalue weighted by Gasteiger charge is -2.27. The van der Waals surface area contributed by atoms with E-state index in [9.17, 15) is 4.39 Å². The molecule has 0 bridgehead atoms. The quantitative estimate of drug-likeness (QED) is 0.571. The minimum absolute atomic E-state index is 0.103. The second-order valence-corrected chi connectivity index (χ2v) is 9.31. The van der Waals surface area contributed by atoms with Gasteiger partial charge in [-0.3, -0.25) is 0 Å². The van der Waals surface area contributed by atoms with Crippen LogP contribution in [0.2, 0.25) is 0 Å². The summed E-state index contributed by atoms with van der Waals surface area (Å²) in [7, 11) is 0. The van der Waals surface area contributed by atoms with Crippen molar-refractivity contribution in [2.24, 2.45) is 0 Å². The maximum Gasteiger partial charge on any atom is 0.165 e. The monoisotopic (exact) mass is 402 g/mol. The van der Waals surface area contributed by atoms with E-state index in [1.54, 1.807) is 0 Å². The summed E-state index contributed by atoms with van der Waals surface area (Å²) in [6.07, 6.45) is 0. The van der Waals surface area contributed by atoms with Gasteiger partial charge < -0.3 is 18.9 Å². The van der Waals surface area contributed by atoms with E-state index in [0.29, 0.717) is 37.9 Å². The van der Waals surface area contributed by atoms with Gasteiger partial charge in [-0.05, 0) is 23.0 Å². The van der Waals surface area contributed by atoms with Crippen molar-refractivity contribution in [1.82, 2.24) is 0 Å². The third kappa shape index (κ3) is 4.95. The standard InChI is InChI=1S/C12H15FO2.C12H16O2/c1-12(2,3)9-6-8(13)7-10-11(9)15-5-4-14-10;1-12(2,3)9-5-4-6-10-11(9)14-8-7-13-10/h6-7H,4-5H2,1-3H3;4-6H,7-8H2,1-3H3. The van der Waals surface area contributed by atoms with Crippen molar-refractivity contribution >= 4 is 0 Å². The van der Waals surface area contributed by atoms with Crippen LogP contribution in [0.25, 0.3) is 0 Å². The number of para-hydroxylation sites is 1. The van der Waals surface area contributed by atoms with Gasteiger partial charge in [0, 0.05) is 17.2 Å². The van der Waals surface area contributed by atoms with Crippen molar-refractivity contribution in [3.8, 4) is 23.0 Å². The highest BCUT2D eigenvalue weighted by atomic mass is 19.1. The molecule has 4 rings (SSSR count). The SMILES string of the molecule is CC(C)(C)c1cc(F)cc2c1OCCO2.CC(C)(C)c1cccc2c1OCCO2. The van der Waals surface area contributed by atoms with Crippen LogP contribution in [0.4, 0.5) is 4.39 Å². The molecular formula is C24H31FO4. The van der Waals surface area contributed by atoms with Crippen LogP contribution in [-0.2, 0) is 10.8 Å². The molecule has 2 aromatic rings. The molecule has 0 atom stereocenters. The molecule has 4 nitrogen and oxygen atoms in total. The molecule has 0 saturated carbocycles. The summed E-state index contributed by atoms with van der Waals surface area (Å²) >= 11 is 0. The summed E-state index contributed by atoms with van der Waals surface area (Å²) in [4.78, 5) is 0. The average molecular weight is 403 g/mol. The van der Waals surface area contributed by atoms with Gasteiger partial charge in [-0.15, -0.1) is 0 Å². The maximum atomic E-state index is 13.3. The van der Waals surface area contributed by atoms with Crippen LogP contribution in [0.5, 0.6) is 23.0 Å². The summed E-state index contributed by atoms with van der Waals surface area (Å²) in [5.41, 5.74) is 2.03. The van der Waals surface area contributed by atoms with Gasteiger partial charge in [-0.1, -0.05) is 53.7 Å². The van der Waals surface area contributed by atoms with Gasteiger partial charge in [0.15, 0.2) is 23.0 Å². The first-order valence-electron chi connectivity index (χ1n) is 10.1. The third-order valence-electron chi connectivity index (χ3n) is 4.79. The zero-order valence-corrected chi connectivity index (χ0v) is 18.2. The van der Waals surface area contributed by atoms with E-state index in [-0.39, 0.29) is 16.6 Å². The third-order valence-corrected chi connectivity index (χ3v) is 4.79. The Balaban J connectivity index is 0.000000166. The molecule has 0 N–H and O–H groups in total. The Bertz CT molecular complexity index is 862. The van der Waals surface area contributed by atoms with Gasteiger partial charge >= 0.3 is 0 Å². The summed E-state index contributed by atoms with van der Waals surface area (Å²) < 4.78 is 35.5. The van der Waals surface area contributed by atoms with Crippen molar-refractivity contribution in [2.45, 2.75) is 52.4 Å². The predicted octanol–water partition coefficient (Wildman–Crippen LogP) is 5.65. The summed E-state index contributed by atoms with van der Waals surface area (Å²) in [5.74, 6) is 2.74. The Morgan fingerprint density at radius 2 is 1.17 bits per heavy atom. The van der Waals surface area contributed by atoms with Crippen molar-refractivity contribution in [1.29, 1.82) is 0 Å². The zero-order chi connectivity index (χ0) is 21.2. The van der Waals surface area contributed by atoms with E-state index >= 15 is 0 Å². The van der Waals surface area contributed by atoms with Gasteiger partial charge in [0.2, 0.25) is 0 Å².